The molecule has 1 aliphatic rings. The van der Waals surface area contributed by atoms with Gasteiger partial charge in [0.1, 0.15) is 11.8 Å². The maximum absolute atomic E-state index is 12.6. The third-order valence-corrected chi connectivity index (χ3v) is 4.34. The average molecular weight is 389 g/mol. The van der Waals surface area contributed by atoms with Crippen molar-refractivity contribution in [2.45, 2.75) is 31.8 Å². The fourth-order valence-electron chi connectivity index (χ4n) is 2.74. The molecule has 0 saturated carbocycles. The van der Waals surface area contributed by atoms with Crippen LogP contribution in [0.15, 0.2) is 46.6 Å². The van der Waals surface area contributed by atoms with Crippen LogP contribution in [-0.4, -0.2) is 12.4 Å². The zero-order chi connectivity index (χ0) is 18.2. The van der Waals surface area contributed by atoms with Crippen LogP contribution < -0.4 is 4.74 Å². The zero-order valence-electron chi connectivity index (χ0n) is 13.0. The van der Waals surface area contributed by atoms with Crippen LogP contribution in [-0.2, 0) is 6.42 Å². The minimum absolute atomic E-state index is 0.0972. The quantitative estimate of drug-likeness (QED) is 0.587. The molecule has 2 unspecified atom stereocenters. The molecule has 0 saturated heterocycles. The number of hydrogen-bond donors (Lipinski definition) is 0. The largest absolute Gasteiger partial charge is 0.573 e. The summed E-state index contributed by atoms with van der Waals surface area (Å²) in [5.41, 5.74) is 2.14. The van der Waals surface area contributed by atoms with Crippen LogP contribution in [0, 0.1) is 0 Å². The number of fused-ring (bicyclic) bond motifs is 1. The molecular formula is C17H13Cl2F3N2O. The Morgan fingerprint density at radius 1 is 1.08 bits per heavy atom. The maximum Gasteiger partial charge on any atom is 0.573 e. The Labute approximate surface area is 152 Å². The van der Waals surface area contributed by atoms with Crippen molar-refractivity contribution in [2.24, 2.45) is 10.2 Å². The van der Waals surface area contributed by atoms with Gasteiger partial charge in [-0.15, -0.1) is 13.2 Å². The number of hydrogen-bond acceptors (Lipinski definition) is 3. The molecule has 8 heteroatoms. The monoisotopic (exact) mass is 388 g/mol. The van der Waals surface area contributed by atoms with E-state index in [-0.39, 0.29) is 11.1 Å². The van der Waals surface area contributed by atoms with Crippen molar-refractivity contribution in [2.75, 3.05) is 0 Å². The summed E-state index contributed by atoms with van der Waals surface area (Å²) in [5.74, 6) is -0.448. The van der Waals surface area contributed by atoms with Crippen molar-refractivity contribution >= 4 is 23.2 Å². The molecule has 0 spiro atoms. The average Bonchev–Trinajstić information content (AvgIpc) is 2.66. The Morgan fingerprint density at radius 3 is 2.40 bits per heavy atom. The van der Waals surface area contributed by atoms with Crippen LogP contribution >= 0.6 is 23.2 Å². The van der Waals surface area contributed by atoms with Crippen LogP contribution in [0.3, 0.4) is 0 Å². The first-order valence-electron chi connectivity index (χ1n) is 7.46. The van der Waals surface area contributed by atoms with E-state index >= 15 is 0 Å². The first kappa shape index (κ1) is 18.0. The molecule has 1 heterocycles. The van der Waals surface area contributed by atoms with Gasteiger partial charge < -0.3 is 4.74 Å². The lowest BCUT2D eigenvalue weighted by Crippen LogP contribution is -2.18. The Balaban J connectivity index is 2.11. The van der Waals surface area contributed by atoms with E-state index in [0.29, 0.717) is 17.0 Å². The summed E-state index contributed by atoms with van der Waals surface area (Å²) in [7, 11) is 0. The summed E-state index contributed by atoms with van der Waals surface area (Å²) in [5, 5.41) is 9.01. The van der Waals surface area contributed by atoms with E-state index < -0.39 is 18.2 Å². The highest BCUT2D eigenvalue weighted by molar-refractivity contribution is 6.32. The minimum atomic E-state index is -4.83. The van der Waals surface area contributed by atoms with Gasteiger partial charge in [-0.05, 0) is 54.3 Å². The number of azo groups is 1. The molecule has 0 radical (unpaired) electrons. The normalized spacial score (nSPS) is 20.1. The summed E-state index contributed by atoms with van der Waals surface area (Å²) in [6.45, 7) is 1.88. The number of rotatable bonds is 2. The van der Waals surface area contributed by atoms with E-state index in [1.807, 2.05) is 6.92 Å². The SMILES string of the molecule is CC1Cc2cc(Cl)c(OC(F)(F)F)cc2C(c2ccc(Cl)cc2)N=N1. The molecule has 0 N–H and O–H groups in total. The number of benzene rings is 2. The van der Waals surface area contributed by atoms with Gasteiger partial charge in [-0.2, -0.15) is 10.2 Å². The van der Waals surface area contributed by atoms with Crippen molar-refractivity contribution < 1.29 is 17.9 Å². The molecule has 3 nitrogen and oxygen atoms in total. The maximum atomic E-state index is 12.6. The van der Waals surface area contributed by atoms with Crippen molar-refractivity contribution in [1.29, 1.82) is 0 Å². The number of alkyl halides is 3. The van der Waals surface area contributed by atoms with Crippen molar-refractivity contribution in [1.82, 2.24) is 0 Å². The lowest BCUT2D eigenvalue weighted by atomic mass is 9.92. The second kappa shape index (κ2) is 6.84. The number of halogens is 5. The van der Waals surface area contributed by atoms with Crippen LogP contribution in [0.2, 0.25) is 10.0 Å². The van der Waals surface area contributed by atoms with E-state index in [1.54, 1.807) is 24.3 Å². The highest BCUT2D eigenvalue weighted by Crippen LogP contribution is 2.40. The van der Waals surface area contributed by atoms with E-state index in [4.69, 9.17) is 23.2 Å². The highest BCUT2D eigenvalue weighted by atomic mass is 35.5. The molecule has 0 aromatic heterocycles. The summed E-state index contributed by atoms with van der Waals surface area (Å²) < 4.78 is 41.9. The van der Waals surface area contributed by atoms with Crippen LogP contribution in [0.1, 0.15) is 29.7 Å². The van der Waals surface area contributed by atoms with Gasteiger partial charge in [-0.3, -0.25) is 0 Å². The Bertz CT molecular complexity index is 807. The summed E-state index contributed by atoms with van der Waals surface area (Å²) >= 11 is 11.9. The standard InChI is InChI=1S/C17H13Cl2F3N2O/c1-9-6-11-7-14(19)15(25-17(20,21)22)8-13(11)16(24-23-9)10-2-4-12(18)5-3-10/h2-5,7-9,16H,6H2,1H3. The predicted molar refractivity (Wildman–Crippen MR) is 89.5 cm³/mol. The number of ether oxygens (including phenoxy) is 1. The molecule has 0 amide bonds. The molecule has 0 aliphatic carbocycles. The van der Waals surface area contributed by atoms with E-state index in [1.165, 1.54) is 12.1 Å². The molecule has 1 aliphatic heterocycles. The van der Waals surface area contributed by atoms with Gasteiger partial charge in [0.15, 0.2) is 0 Å². The lowest BCUT2D eigenvalue weighted by molar-refractivity contribution is -0.274. The Kier molecular flexibility index (Phi) is 4.93. The van der Waals surface area contributed by atoms with Gasteiger partial charge in [0, 0.05) is 5.02 Å². The predicted octanol–water partition coefficient (Wildman–Crippen LogP) is 6.38. The molecule has 0 bridgehead atoms. The summed E-state index contributed by atoms with van der Waals surface area (Å²) in [4.78, 5) is 0. The summed E-state index contributed by atoms with van der Waals surface area (Å²) in [6, 6.07) is 9.06. The zero-order valence-corrected chi connectivity index (χ0v) is 14.5. The van der Waals surface area contributed by atoms with E-state index in [9.17, 15) is 13.2 Å². The van der Waals surface area contributed by atoms with Gasteiger partial charge in [-0.25, -0.2) is 0 Å². The Hall–Kier alpha value is -1.79. The molecule has 25 heavy (non-hydrogen) atoms. The van der Waals surface area contributed by atoms with Crippen LogP contribution in [0.5, 0.6) is 5.75 Å². The van der Waals surface area contributed by atoms with Gasteiger partial charge in [-0.1, -0.05) is 35.3 Å². The molecule has 2 atom stereocenters. The van der Waals surface area contributed by atoms with Crippen molar-refractivity contribution in [3.8, 4) is 5.75 Å². The minimum Gasteiger partial charge on any atom is -0.404 e. The Morgan fingerprint density at radius 2 is 1.76 bits per heavy atom. The molecule has 0 fully saturated rings. The molecule has 2 aromatic carbocycles. The van der Waals surface area contributed by atoms with Gasteiger partial charge in [0.05, 0.1) is 11.1 Å². The second-order valence-corrected chi connectivity index (χ2v) is 6.61. The van der Waals surface area contributed by atoms with Gasteiger partial charge in [0.25, 0.3) is 0 Å². The molecule has 132 valence electrons. The topological polar surface area (TPSA) is 34.0 Å². The van der Waals surface area contributed by atoms with E-state index in [0.717, 1.165) is 11.1 Å². The summed E-state index contributed by atoms with van der Waals surface area (Å²) in [6.07, 6.45) is -4.30. The number of nitrogens with zero attached hydrogens (tertiary/aromatic N) is 2. The van der Waals surface area contributed by atoms with Crippen LogP contribution in [0.25, 0.3) is 0 Å². The third-order valence-electron chi connectivity index (χ3n) is 3.79. The van der Waals surface area contributed by atoms with E-state index in [2.05, 4.69) is 15.0 Å². The first-order chi connectivity index (χ1) is 11.7. The van der Waals surface area contributed by atoms with Crippen molar-refractivity contribution in [3.63, 3.8) is 0 Å². The fraction of sp³-hybridized carbons (Fsp3) is 0.294. The smallest absolute Gasteiger partial charge is 0.404 e. The third kappa shape index (κ3) is 4.25. The molecular weight excluding hydrogens is 376 g/mol. The molecule has 2 aromatic rings. The van der Waals surface area contributed by atoms with Gasteiger partial charge in [0.2, 0.25) is 0 Å². The van der Waals surface area contributed by atoms with Crippen LogP contribution in [0.4, 0.5) is 13.2 Å². The first-order valence-corrected chi connectivity index (χ1v) is 8.22. The second-order valence-electron chi connectivity index (χ2n) is 5.77. The molecule has 3 rings (SSSR count). The van der Waals surface area contributed by atoms with Crippen molar-refractivity contribution in [3.05, 3.63) is 63.1 Å². The van der Waals surface area contributed by atoms with Gasteiger partial charge >= 0.3 is 6.36 Å². The fourth-order valence-corrected chi connectivity index (χ4v) is 3.09. The highest BCUT2D eigenvalue weighted by Gasteiger charge is 2.33. The lowest BCUT2D eigenvalue weighted by Gasteiger charge is -2.18.